The first-order valence-corrected chi connectivity index (χ1v) is 7.99. The van der Waals surface area contributed by atoms with Crippen LogP contribution in [0, 0.1) is 6.92 Å². The maximum absolute atomic E-state index is 12.7. The SMILES string of the molecule is Cc1ccc2c(N)c(C(=O)N3CCC(C)(O)CC3)sc2c1. The number of fused-ring (bicyclic) bond motifs is 1. The number of nitrogens with two attached hydrogens (primary N) is 1. The van der Waals surface area contributed by atoms with Gasteiger partial charge in [0.2, 0.25) is 0 Å². The number of carbonyl (C=O) groups is 1. The molecule has 0 unspecified atom stereocenters. The molecule has 1 amide bonds. The number of carbonyl (C=O) groups excluding carboxylic acids is 1. The van der Waals surface area contributed by atoms with Gasteiger partial charge in [-0.2, -0.15) is 0 Å². The molecule has 3 rings (SSSR count). The van der Waals surface area contributed by atoms with Crippen molar-refractivity contribution in [1.82, 2.24) is 4.90 Å². The number of nitrogens with zero attached hydrogens (tertiary/aromatic N) is 1. The molecule has 1 aromatic heterocycles. The van der Waals surface area contributed by atoms with E-state index in [0.29, 0.717) is 36.5 Å². The maximum atomic E-state index is 12.7. The zero-order chi connectivity index (χ0) is 15.2. The molecule has 4 nitrogen and oxygen atoms in total. The quantitative estimate of drug-likeness (QED) is 0.851. The van der Waals surface area contributed by atoms with Gasteiger partial charge in [-0.1, -0.05) is 12.1 Å². The van der Waals surface area contributed by atoms with Crippen LogP contribution in [0.25, 0.3) is 10.1 Å². The summed E-state index contributed by atoms with van der Waals surface area (Å²) < 4.78 is 1.06. The molecule has 5 heteroatoms. The lowest BCUT2D eigenvalue weighted by Gasteiger charge is -2.35. The Bertz CT molecular complexity index is 696. The van der Waals surface area contributed by atoms with E-state index in [-0.39, 0.29) is 5.91 Å². The van der Waals surface area contributed by atoms with E-state index in [4.69, 9.17) is 5.73 Å². The number of likely N-dealkylation sites (tertiary alicyclic amines) is 1. The third-order valence-electron chi connectivity index (χ3n) is 4.21. The van der Waals surface area contributed by atoms with Gasteiger partial charge in [-0.15, -0.1) is 11.3 Å². The molecule has 0 aliphatic carbocycles. The number of piperidine rings is 1. The van der Waals surface area contributed by atoms with E-state index in [0.717, 1.165) is 15.6 Å². The Kier molecular flexibility index (Phi) is 3.42. The molecule has 1 aliphatic rings. The summed E-state index contributed by atoms with van der Waals surface area (Å²) in [5, 5.41) is 10.9. The molecule has 0 radical (unpaired) electrons. The first-order valence-electron chi connectivity index (χ1n) is 7.18. The van der Waals surface area contributed by atoms with Crippen molar-refractivity contribution >= 4 is 33.0 Å². The van der Waals surface area contributed by atoms with Crippen LogP contribution in [0.1, 0.15) is 35.0 Å². The van der Waals surface area contributed by atoms with Gasteiger partial charge in [0.15, 0.2) is 0 Å². The van der Waals surface area contributed by atoms with Crippen LogP contribution >= 0.6 is 11.3 Å². The van der Waals surface area contributed by atoms with E-state index in [1.54, 1.807) is 4.90 Å². The lowest BCUT2D eigenvalue weighted by molar-refractivity contribution is -0.00184. The summed E-state index contributed by atoms with van der Waals surface area (Å²) in [5.41, 5.74) is 7.25. The van der Waals surface area contributed by atoms with Crippen molar-refractivity contribution in [3.63, 3.8) is 0 Å². The van der Waals surface area contributed by atoms with Crippen molar-refractivity contribution < 1.29 is 9.90 Å². The summed E-state index contributed by atoms with van der Waals surface area (Å²) >= 11 is 1.46. The minimum Gasteiger partial charge on any atom is -0.397 e. The fourth-order valence-electron chi connectivity index (χ4n) is 2.72. The molecule has 0 saturated carbocycles. The van der Waals surface area contributed by atoms with Gasteiger partial charge in [0, 0.05) is 23.2 Å². The number of aryl methyl sites for hydroxylation is 1. The largest absolute Gasteiger partial charge is 0.397 e. The summed E-state index contributed by atoms with van der Waals surface area (Å²) in [6.07, 6.45) is 1.23. The van der Waals surface area contributed by atoms with Crippen LogP contribution in [-0.2, 0) is 0 Å². The highest BCUT2D eigenvalue weighted by Crippen LogP contribution is 2.35. The van der Waals surface area contributed by atoms with Gasteiger partial charge in [-0.05, 0) is 38.3 Å². The second-order valence-corrected chi connectivity index (χ2v) is 7.19. The van der Waals surface area contributed by atoms with Crippen molar-refractivity contribution in [2.24, 2.45) is 0 Å². The first-order chi connectivity index (χ1) is 9.87. The van der Waals surface area contributed by atoms with Crippen molar-refractivity contribution in [3.05, 3.63) is 28.6 Å². The number of thiophene rings is 1. The molecule has 2 aromatic rings. The first kappa shape index (κ1) is 14.4. The average Bonchev–Trinajstić information content (AvgIpc) is 2.74. The number of hydrogen-bond acceptors (Lipinski definition) is 4. The molecule has 2 heterocycles. The van der Waals surface area contributed by atoms with Gasteiger partial charge in [-0.25, -0.2) is 0 Å². The van der Waals surface area contributed by atoms with Gasteiger partial charge in [0.05, 0.1) is 11.3 Å². The lowest BCUT2D eigenvalue weighted by atomic mass is 9.94. The minimum absolute atomic E-state index is 0.0122. The number of benzene rings is 1. The van der Waals surface area contributed by atoms with Crippen LogP contribution in [0.2, 0.25) is 0 Å². The van der Waals surface area contributed by atoms with Crippen molar-refractivity contribution in [2.75, 3.05) is 18.8 Å². The third-order valence-corrected chi connectivity index (χ3v) is 5.36. The van der Waals surface area contributed by atoms with Gasteiger partial charge in [-0.3, -0.25) is 4.79 Å². The van der Waals surface area contributed by atoms with Crippen molar-refractivity contribution in [3.8, 4) is 0 Å². The van der Waals surface area contributed by atoms with Gasteiger partial charge < -0.3 is 15.7 Å². The highest BCUT2D eigenvalue weighted by molar-refractivity contribution is 7.21. The van der Waals surface area contributed by atoms with Crippen molar-refractivity contribution in [2.45, 2.75) is 32.3 Å². The molecule has 112 valence electrons. The molecular formula is C16H20N2O2S. The number of hydrogen-bond donors (Lipinski definition) is 2. The molecule has 1 saturated heterocycles. The Labute approximate surface area is 128 Å². The Morgan fingerprint density at radius 2 is 2.05 bits per heavy atom. The van der Waals surface area contributed by atoms with Crippen LogP contribution in [0.3, 0.4) is 0 Å². The monoisotopic (exact) mass is 304 g/mol. The second kappa shape index (κ2) is 5.00. The summed E-state index contributed by atoms with van der Waals surface area (Å²) in [7, 11) is 0. The van der Waals surface area contributed by atoms with Crippen LogP contribution in [0.5, 0.6) is 0 Å². The summed E-state index contributed by atoms with van der Waals surface area (Å²) in [6, 6.07) is 6.06. The normalized spacial score (nSPS) is 18.1. The van der Waals surface area contributed by atoms with E-state index in [1.165, 1.54) is 11.3 Å². The zero-order valence-electron chi connectivity index (χ0n) is 12.3. The van der Waals surface area contributed by atoms with Crippen LogP contribution in [0.4, 0.5) is 5.69 Å². The smallest absolute Gasteiger partial charge is 0.266 e. The van der Waals surface area contributed by atoms with Crippen molar-refractivity contribution in [1.29, 1.82) is 0 Å². The summed E-state index contributed by atoms with van der Waals surface area (Å²) in [6.45, 7) is 5.02. The molecule has 3 N–H and O–H groups in total. The van der Waals surface area contributed by atoms with E-state index >= 15 is 0 Å². The highest BCUT2D eigenvalue weighted by atomic mass is 32.1. The Balaban J connectivity index is 1.90. The molecule has 1 aliphatic heterocycles. The fraction of sp³-hybridized carbons (Fsp3) is 0.438. The van der Waals surface area contributed by atoms with Crippen LogP contribution in [-0.4, -0.2) is 34.6 Å². The predicted molar refractivity (Wildman–Crippen MR) is 86.7 cm³/mol. The second-order valence-electron chi connectivity index (χ2n) is 6.13. The van der Waals surface area contributed by atoms with Gasteiger partial charge in [0.25, 0.3) is 5.91 Å². The number of aliphatic hydroxyl groups is 1. The van der Waals surface area contributed by atoms with E-state index in [9.17, 15) is 9.90 Å². The molecule has 1 aromatic carbocycles. The fourth-order valence-corrected chi connectivity index (χ4v) is 3.91. The topological polar surface area (TPSA) is 66.6 Å². The van der Waals surface area contributed by atoms with Gasteiger partial charge >= 0.3 is 0 Å². The zero-order valence-corrected chi connectivity index (χ0v) is 13.2. The van der Waals surface area contributed by atoms with E-state index in [1.807, 2.05) is 26.0 Å². The van der Waals surface area contributed by atoms with E-state index in [2.05, 4.69) is 6.07 Å². The van der Waals surface area contributed by atoms with E-state index < -0.39 is 5.60 Å². The summed E-state index contributed by atoms with van der Waals surface area (Å²) in [4.78, 5) is 15.1. The number of rotatable bonds is 1. The standard InChI is InChI=1S/C16H20N2O2S/c1-10-3-4-11-12(9-10)21-14(13(11)17)15(19)18-7-5-16(2,20)6-8-18/h3-4,9,20H,5-8,17H2,1-2H3. The molecule has 0 spiro atoms. The number of anilines is 1. The Hall–Kier alpha value is -1.59. The molecule has 21 heavy (non-hydrogen) atoms. The number of nitrogen functional groups attached to an aromatic ring is 1. The Morgan fingerprint density at radius 3 is 2.71 bits per heavy atom. The van der Waals surface area contributed by atoms with Crippen LogP contribution < -0.4 is 5.73 Å². The average molecular weight is 304 g/mol. The Morgan fingerprint density at radius 1 is 1.38 bits per heavy atom. The minimum atomic E-state index is -0.653. The maximum Gasteiger partial charge on any atom is 0.266 e. The molecule has 1 fully saturated rings. The number of amides is 1. The molecular weight excluding hydrogens is 284 g/mol. The third kappa shape index (κ3) is 2.63. The van der Waals surface area contributed by atoms with Crippen LogP contribution in [0.15, 0.2) is 18.2 Å². The predicted octanol–water partition coefficient (Wildman–Crippen LogP) is 2.78. The summed E-state index contributed by atoms with van der Waals surface area (Å²) in [5.74, 6) is -0.0122. The molecule has 0 atom stereocenters. The molecule has 0 bridgehead atoms. The lowest BCUT2D eigenvalue weighted by Crippen LogP contribution is -2.45. The van der Waals surface area contributed by atoms with Gasteiger partial charge in [0.1, 0.15) is 4.88 Å². The highest BCUT2D eigenvalue weighted by Gasteiger charge is 2.31.